The number of fused-ring (bicyclic) bond motifs is 3. The van der Waals surface area contributed by atoms with Crippen molar-refractivity contribution in [3.05, 3.63) is 49.0 Å². The molecule has 0 saturated heterocycles. The summed E-state index contributed by atoms with van der Waals surface area (Å²) in [6.45, 7) is 2.15. The van der Waals surface area contributed by atoms with Crippen LogP contribution in [0.25, 0.3) is 21.9 Å². The first kappa shape index (κ1) is 14.0. The second kappa shape index (κ2) is 4.79. The van der Waals surface area contributed by atoms with Gasteiger partial charge in [-0.25, -0.2) is 4.79 Å². The summed E-state index contributed by atoms with van der Waals surface area (Å²) in [6, 6.07) is 3.91. The molecule has 0 aliphatic heterocycles. The second-order valence-electron chi connectivity index (χ2n) is 4.49. The predicted octanol–water partition coefficient (Wildman–Crippen LogP) is 3.14. The quantitative estimate of drug-likeness (QED) is 0.697. The van der Waals surface area contributed by atoms with Gasteiger partial charge in [0, 0.05) is 11.9 Å². The van der Waals surface area contributed by atoms with Crippen molar-refractivity contribution in [3.8, 4) is 5.75 Å². The van der Waals surface area contributed by atoms with E-state index >= 15 is 0 Å². The first-order valence-corrected chi connectivity index (χ1v) is 6.88. The van der Waals surface area contributed by atoms with Gasteiger partial charge in [-0.15, -0.1) is 0 Å². The van der Waals surface area contributed by atoms with Gasteiger partial charge < -0.3 is 14.1 Å². The van der Waals surface area contributed by atoms with Crippen LogP contribution in [-0.2, 0) is 6.54 Å². The standard InChI is InChI=1S/C14H9Cl2NO4/c1-2-17-9-4-8(16)7(15)3-6(9)13-12(14(17)20)10(18)5-11(19)21-13/h3-5,18H,2H2,1H3. The number of benzene rings is 1. The van der Waals surface area contributed by atoms with Crippen molar-refractivity contribution in [2.24, 2.45) is 0 Å². The molecular weight excluding hydrogens is 317 g/mol. The van der Waals surface area contributed by atoms with E-state index in [1.54, 1.807) is 6.92 Å². The van der Waals surface area contributed by atoms with Crippen LogP contribution < -0.4 is 11.2 Å². The van der Waals surface area contributed by atoms with Gasteiger partial charge in [-0.1, -0.05) is 23.2 Å². The Bertz CT molecular complexity index is 1000. The van der Waals surface area contributed by atoms with E-state index in [-0.39, 0.29) is 21.0 Å². The topological polar surface area (TPSA) is 72.4 Å². The molecule has 108 valence electrons. The van der Waals surface area contributed by atoms with Crippen LogP contribution in [0.5, 0.6) is 5.75 Å². The SMILES string of the molecule is CCn1c(=O)c2c(O)cc(=O)oc2c2cc(Cl)c(Cl)cc21. The lowest BCUT2D eigenvalue weighted by molar-refractivity contribution is 0.467. The normalized spacial score (nSPS) is 11.4. The number of aromatic nitrogens is 1. The molecule has 3 rings (SSSR count). The highest BCUT2D eigenvalue weighted by Crippen LogP contribution is 2.32. The first-order chi connectivity index (χ1) is 9.93. The minimum atomic E-state index is -0.749. The van der Waals surface area contributed by atoms with Gasteiger partial charge in [0.2, 0.25) is 0 Å². The Morgan fingerprint density at radius 3 is 2.52 bits per heavy atom. The van der Waals surface area contributed by atoms with Crippen LogP contribution in [0.15, 0.2) is 32.2 Å². The summed E-state index contributed by atoms with van der Waals surface area (Å²) in [6.07, 6.45) is 0. The molecule has 1 aromatic carbocycles. The smallest absolute Gasteiger partial charge is 0.339 e. The second-order valence-corrected chi connectivity index (χ2v) is 5.30. The third-order valence-electron chi connectivity index (χ3n) is 3.29. The lowest BCUT2D eigenvalue weighted by atomic mass is 10.1. The maximum atomic E-state index is 12.5. The lowest BCUT2D eigenvalue weighted by Gasteiger charge is -2.12. The summed E-state index contributed by atoms with van der Waals surface area (Å²) in [5, 5.41) is 10.8. The van der Waals surface area contributed by atoms with Crippen LogP contribution in [0.4, 0.5) is 0 Å². The zero-order valence-electron chi connectivity index (χ0n) is 10.8. The van der Waals surface area contributed by atoms with Gasteiger partial charge in [0.15, 0.2) is 5.58 Å². The van der Waals surface area contributed by atoms with Crippen molar-refractivity contribution < 1.29 is 9.52 Å². The Morgan fingerprint density at radius 1 is 1.19 bits per heavy atom. The summed E-state index contributed by atoms with van der Waals surface area (Å²) in [5.41, 5.74) is -0.720. The Labute approximate surface area is 127 Å². The van der Waals surface area contributed by atoms with E-state index < -0.39 is 16.9 Å². The van der Waals surface area contributed by atoms with E-state index in [4.69, 9.17) is 27.6 Å². The van der Waals surface area contributed by atoms with Gasteiger partial charge in [-0.3, -0.25) is 4.79 Å². The molecule has 0 bridgehead atoms. The lowest BCUT2D eigenvalue weighted by Crippen LogP contribution is -2.20. The van der Waals surface area contributed by atoms with E-state index in [1.807, 2.05) is 0 Å². The molecular formula is C14H9Cl2NO4. The van der Waals surface area contributed by atoms with Gasteiger partial charge in [0.05, 0.1) is 21.6 Å². The monoisotopic (exact) mass is 325 g/mol. The molecule has 7 heteroatoms. The minimum absolute atomic E-state index is 0.00302. The first-order valence-electron chi connectivity index (χ1n) is 6.12. The Morgan fingerprint density at radius 2 is 1.86 bits per heavy atom. The molecule has 5 nitrogen and oxygen atoms in total. The number of rotatable bonds is 1. The number of hydrogen-bond donors (Lipinski definition) is 1. The van der Waals surface area contributed by atoms with Gasteiger partial charge >= 0.3 is 5.63 Å². The summed E-state index contributed by atoms with van der Waals surface area (Å²) in [4.78, 5) is 23.9. The fourth-order valence-corrected chi connectivity index (χ4v) is 2.70. The molecule has 2 aromatic heterocycles. The summed E-state index contributed by atoms with van der Waals surface area (Å²) < 4.78 is 6.53. The molecule has 0 aliphatic rings. The highest BCUT2D eigenvalue weighted by molar-refractivity contribution is 6.43. The Hall–Kier alpha value is -1.98. The van der Waals surface area contributed by atoms with Crippen molar-refractivity contribution in [3.63, 3.8) is 0 Å². The zero-order chi connectivity index (χ0) is 15.3. The van der Waals surface area contributed by atoms with E-state index in [0.717, 1.165) is 6.07 Å². The summed E-state index contributed by atoms with van der Waals surface area (Å²) in [7, 11) is 0. The number of halogens is 2. The van der Waals surface area contributed by atoms with Crippen molar-refractivity contribution >= 4 is 45.1 Å². The van der Waals surface area contributed by atoms with E-state index in [9.17, 15) is 14.7 Å². The summed E-state index contributed by atoms with van der Waals surface area (Å²) in [5.74, 6) is -0.415. The third kappa shape index (κ3) is 2.01. The van der Waals surface area contributed by atoms with Crippen molar-refractivity contribution in [1.29, 1.82) is 0 Å². The van der Waals surface area contributed by atoms with Crippen LogP contribution in [-0.4, -0.2) is 9.67 Å². The molecule has 0 fully saturated rings. The number of pyridine rings is 1. The highest BCUT2D eigenvalue weighted by atomic mass is 35.5. The number of aromatic hydroxyl groups is 1. The van der Waals surface area contributed by atoms with Crippen LogP contribution in [0.3, 0.4) is 0 Å². The molecule has 0 spiro atoms. The average Bonchev–Trinajstić information content (AvgIpc) is 2.41. The van der Waals surface area contributed by atoms with Gasteiger partial charge in [-0.05, 0) is 19.1 Å². The minimum Gasteiger partial charge on any atom is -0.507 e. The number of aryl methyl sites for hydroxylation is 1. The third-order valence-corrected chi connectivity index (χ3v) is 4.01. The van der Waals surface area contributed by atoms with Crippen LogP contribution in [0.1, 0.15) is 6.92 Å². The number of nitrogens with zero attached hydrogens (tertiary/aromatic N) is 1. The van der Waals surface area contributed by atoms with E-state index in [2.05, 4.69) is 0 Å². The van der Waals surface area contributed by atoms with Gasteiger partial charge in [0.1, 0.15) is 11.1 Å². The number of hydrogen-bond acceptors (Lipinski definition) is 4. The van der Waals surface area contributed by atoms with Crippen molar-refractivity contribution in [1.82, 2.24) is 4.57 Å². The fourth-order valence-electron chi connectivity index (χ4n) is 2.38. The molecule has 3 aromatic rings. The van der Waals surface area contributed by atoms with Crippen LogP contribution in [0.2, 0.25) is 10.0 Å². The molecule has 0 amide bonds. The molecule has 1 N–H and O–H groups in total. The van der Waals surface area contributed by atoms with Gasteiger partial charge in [-0.2, -0.15) is 0 Å². The highest BCUT2D eigenvalue weighted by Gasteiger charge is 2.17. The van der Waals surface area contributed by atoms with E-state index in [0.29, 0.717) is 17.4 Å². The largest absolute Gasteiger partial charge is 0.507 e. The molecule has 0 saturated carbocycles. The van der Waals surface area contributed by atoms with Crippen LogP contribution >= 0.6 is 23.2 Å². The van der Waals surface area contributed by atoms with Crippen molar-refractivity contribution in [2.75, 3.05) is 0 Å². The fraction of sp³-hybridized carbons (Fsp3) is 0.143. The molecule has 21 heavy (non-hydrogen) atoms. The molecule has 2 heterocycles. The molecule has 0 radical (unpaired) electrons. The predicted molar refractivity (Wildman–Crippen MR) is 81.6 cm³/mol. The zero-order valence-corrected chi connectivity index (χ0v) is 12.3. The van der Waals surface area contributed by atoms with Crippen LogP contribution in [0, 0.1) is 0 Å². The molecule has 0 unspecified atom stereocenters. The molecule has 0 aliphatic carbocycles. The summed E-state index contributed by atoms with van der Waals surface area (Å²) >= 11 is 12.0. The van der Waals surface area contributed by atoms with Crippen molar-refractivity contribution in [2.45, 2.75) is 13.5 Å². The Kier molecular flexibility index (Phi) is 3.19. The maximum Gasteiger partial charge on any atom is 0.339 e. The van der Waals surface area contributed by atoms with E-state index in [1.165, 1.54) is 16.7 Å². The average molecular weight is 326 g/mol. The molecule has 0 atom stereocenters. The van der Waals surface area contributed by atoms with Gasteiger partial charge in [0.25, 0.3) is 5.56 Å². The Balaban J connectivity index is 2.74. The maximum absolute atomic E-state index is 12.5.